The maximum atomic E-state index is 13.6. The lowest BCUT2D eigenvalue weighted by Gasteiger charge is -2.43. The minimum Gasteiger partial charge on any atom is -0.516 e. The lowest BCUT2D eigenvalue weighted by atomic mass is 9.76. The number of carbonyl (C=O) groups excluding carboxylic acids is 2. The van der Waals surface area contributed by atoms with Crippen molar-refractivity contribution in [1.29, 1.82) is 0 Å². The van der Waals surface area contributed by atoms with Crippen LogP contribution in [0, 0.1) is 23.7 Å². The van der Waals surface area contributed by atoms with Gasteiger partial charge in [-0.1, -0.05) is 45.9 Å². The van der Waals surface area contributed by atoms with E-state index in [0.717, 1.165) is 26.3 Å². The molecule has 1 saturated heterocycles. The molecule has 2 aromatic carbocycles. The van der Waals surface area contributed by atoms with Gasteiger partial charge < -0.3 is 60.2 Å². The Morgan fingerprint density at radius 3 is 2.26 bits per heavy atom. The summed E-state index contributed by atoms with van der Waals surface area (Å²) in [6.45, 7) is 13.6. The molecule has 58 heavy (non-hydrogen) atoms. The Kier molecular flexibility index (Phi) is 15.2. The number of fused-ring (bicyclic) bond motifs is 3. The number of hydrogen-bond acceptors (Lipinski definition) is 15. The number of benzene rings is 2. The molecule has 8 N–H and O–H groups in total. The molecular weight excluding hydrogens is 752 g/mol. The first kappa shape index (κ1) is 45.8. The number of phenols is 3. The van der Waals surface area contributed by atoms with E-state index < -0.39 is 65.4 Å². The number of anilines is 1. The standard InChI is InChI=1S/C42H60N4O12/c1-22(37(50)25(4)38(51)27(6)42(55,58-28(7)48)26(5)32(56-9)13-18-47)11-10-12-23(2)41(54)44-36-30(21-43-46-16-14-45(8)15-17-46)39(52)34-29-19-24(3)57-33(29)20-31(49)35(34)40(36)53/h10-13,18,20-22,24-27,32,37-38,47,49-53,55H,14-17,19H2,1-9H3,(H,44,54)/b11-10+,18-13+,23-12-,43-21+/t22-,24-,25+,26+,27+,32-,37-,38+,42+/m0/s1. The van der Waals surface area contributed by atoms with Crippen molar-refractivity contribution in [3.8, 4) is 23.0 Å². The van der Waals surface area contributed by atoms with Gasteiger partial charge in [0.1, 0.15) is 23.4 Å². The Morgan fingerprint density at radius 1 is 1.00 bits per heavy atom. The molecule has 0 saturated carbocycles. The summed E-state index contributed by atoms with van der Waals surface area (Å²) in [5.41, 5.74) is 0.689. The maximum Gasteiger partial charge on any atom is 0.305 e. The number of ether oxygens (including phenoxy) is 3. The zero-order valence-electron chi connectivity index (χ0n) is 34.7. The lowest BCUT2D eigenvalue weighted by Crippen LogP contribution is -2.56. The zero-order chi connectivity index (χ0) is 43.2. The highest BCUT2D eigenvalue weighted by Gasteiger charge is 2.50. The molecular formula is C42H60N4O12. The number of esters is 1. The highest BCUT2D eigenvalue weighted by molar-refractivity contribution is 6.15. The molecule has 320 valence electrons. The van der Waals surface area contributed by atoms with E-state index in [1.165, 1.54) is 52.3 Å². The van der Waals surface area contributed by atoms with Crippen molar-refractivity contribution in [2.24, 2.45) is 28.8 Å². The van der Waals surface area contributed by atoms with Gasteiger partial charge in [-0.05, 0) is 27.0 Å². The Morgan fingerprint density at radius 2 is 1.66 bits per heavy atom. The zero-order valence-corrected chi connectivity index (χ0v) is 34.7. The highest BCUT2D eigenvalue weighted by atomic mass is 16.7. The molecule has 2 aliphatic heterocycles. The topological polar surface area (TPSA) is 234 Å². The van der Waals surface area contributed by atoms with Crippen LogP contribution in [-0.2, 0) is 25.5 Å². The molecule has 0 aromatic heterocycles. The number of likely N-dealkylation sites (N-methyl/N-ethyl adjacent to an activating group) is 1. The second-order valence-corrected chi connectivity index (χ2v) is 15.6. The van der Waals surface area contributed by atoms with Crippen LogP contribution in [0.2, 0.25) is 0 Å². The van der Waals surface area contributed by atoms with Gasteiger partial charge in [0, 0.05) is 87.0 Å². The number of amides is 1. The van der Waals surface area contributed by atoms with E-state index in [1.54, 1.807) is 26.0 Å². The average Bonchev–Trinajstić information content (AvgIpc) is 3.56. The van der Waals surface area contributed by atoms with Crippen molar-refractivity contribution in [2.45, 2.75) is 85.1 Å². The van der Waals surface area contributed by atoms with Crippen LogP contribution in [0.4, 0.5) is 5.69 Å². The molecule has 0 bridgehead atoms. The van der Waals surface area contributed by atoms with Crippen molar-refractivity contribution in [3.63, 3.8) is 0 Å². The summed E-state index contributed by atoms with van der Waals surface area (Å²) in [4.78, 5) is 27.8. The first-order valence-corrected chi connectivity index (χ1v) is 19.5. The van der Waals surface area contributed by atoms with Crippen LogP contribution in [0.25, 0.3) is 10.8 Å². The van der Waals surface area contributed by atoms with Crippen molar-refractivity contribution in [3.05, 3.63) is 53.3 Å². The van der Waals surface area contributed by atoms with Crippen LogP contribution >= 0.6 is 0 Å². The van der Waals surface area contributed by atoms with Gasteiger partial charge in [-0.25, -0.2) is 0 Å². The molecule has 16 nitrogen and oxygen atoms in total. The third kappa shape index (κ3) is 9.86. The quantitative estimate of drug-likeness (QED) is 0.0176. The van der Waals surface area contributed by atoms with Gasteiger partial charge in [0.25, 0.3) is 5.91 Å². The number of hydrazone groups is 1. The lowest BCUT2D eigenvalue weighted by molar-refractivity contribution is -0.278. The Balaban J connectivity index is 1.57. The smallest absolute Gasteiger partial charge is 0.305 e. The van der Waals surface area contributed by atoms with Crippen molar-refractivity contribution in [2.75, 3.05) is 45.7 Å². The van der Waals surface area contributed by atoms with Gasteiger partial charge in [-0.3, -0.25) is 14.6 Å². The van der Waals surface area contributed by atoms with Gasteiger partial charge in [0.15, 0.2) is 5.75 Å². The number of hydrogen-bond donors (Lipinski definition) is 8. The Bertz CT molecular complexity index is 1920. The summed E-state index contributed by atoms with van der Waals surface area (Å²) in [6, 6.07) is 1.38. The monoisotopic (exact) mass is 812 g/mol. The Labute approximate surface area is 339 Å². The van der Waals surface area contributed by atoms with Crippen LogP contribution in [0.3, 0.4) is 0 Å². The minimum atomic E-state index is -2.25. The van der Waals surface area contributed by atoms with Crippen molar-refractivity contribution < 1.29 is 59.5 Å². The first-order chi connectivity index (χ1) is 27.3. The molecule has 0 aliphatic carbocycles. The number of phenolic OH excluding ortho intramolecular Hbond substituents is 3. The normalized spacial score (nSPS) is 21.3. The molecule has 2 aliphatic rings. The number of methoxy groups -OCH3 is 1. The van der Waals surface area contributed by atoms with E-state index in [0.29, 0.717) is 30.8 Å². The summed E-state index contributed by atoms with van der Waals surface area (Å²) >= 11 is 0. The summed E-state index contributed by atoms with van der Waals surface area (Å²) in [5.74, 6) is -7.89. The van der Waals surface area contributed by atoms with Crippen molar-refractivity contribution in [1.82, 2.24) is 9.91 Å². The predicted molar refractivity (Wildman–Crippen MR) is 219 cm³/mol. The van der Waals surface area contributed by atoms with Gasteiger partial charge in [-0.15, -0.1) is 0 Å². The number of carbonyl (C=O) groups is 2. The number of nitrogens with zero attached hydrogens (tertiary/aromatic N) is 3. The third-order valence-electron chi connectivity index (χ3n) is 11.4. The third-order valence-corrected chi connectivity index (χ3v) is 11.4. The van der Waals surface area contributed by atoms with Crippen LogP contribution < -0.4 is 10.1 Å². The van der Waals surface area contributed by atoms with Gasteiger partial charge in [-0.2, -0.15) is 5.10 Å². The molecule has 2 heterocycles. The fourth-order valence-corrected chi connectivity index (χ4v) is 7.61. The minimum absolute atomic E-state index is 0.0442. The average molecular weight is 813 g/mol. The van der Waals surface area contributed by atoms with Gasteiger partial charge >= 0.3 is 5.97 Å². The second kappa shape index (κ2) is 19.3. The molecule has 4 rings (SSSR count). The summed E-state index contributed by atoms with van der Waals surface area (Å²) in [5, 5.41) is 87.1. The van der Waals surface area contributed by atoms with E-state index in [4.69, 9.17) is 14.2 Å². The molecule has 0 spiro atoms. The fraction of sp³-hybridized carbons (Fsp3) is 0.548. The van der Waals surface area contributed by atoms with E-state index in [1.807, 2.05) is 19.0 Å². The van der Waals surface area contributed by atoms with Crippen LogP contribution in [-0.4, -0.2) is 134 Å². The first-order valence-electron chi connectivity index (χ1n) is 19.5. The highest BCUT2D eigenvalue weighted by Crippen LogP contribution is 2.51. The predicted octanol–water partition coefficient (Wildman–Crippen LogP) is 3.91. The maximum absolute atomic E-state index is 13.6. The van der Waals surface area contributed by atoms with Crippen LogP contribution in [0.5, 0.6) is 23.0 Å². The summed E-state index contributed by atoms with van der Waals surface area (Å²) in [6.07, 6.45) is 4.83. The number of nitrogens with one attached hydrogen (secondary N) is 1. The van der Waals surface area contributed by atoms with E-state index >= 15 is 0 Å². The van der Waals surface area contributed by atoms with Crippen LogP contribution in [0.1, 0.15) is 59.6 Å². The number of aromatic hydroxyl groups is 3. The molecule has 0 unspecified atom stereocenters. The van der Waals surface area contributed by atoms with E-state index in [-0.39, 0.29) is 45.2 Å². The summed E-state index contributed by atoms with van der Waals surface area (Å²) in [7, 11) is 3.36. The number of rotatable bonds is 16. The summed E-state index contributed by atoms with van der Waals surface area (Å²) < 4.78 is 16.5. The van der Waals surface area contributed by atoms with E-state index in [2.05, 4.69) is 15.3 Å². The molecule has 1 fully saturated rings. The molecule has 2 aromatic rings. The Hall–Kier alpha value is -4.87. The fourth-order valence-electron chi connectivity index (χ4n) is 7.61. The molecule has 1 amide bonds. The molecule has 16 heteroatoms. The second-order valence-electron chi connectivity index (χ2n) is 15.6. The molecule has 0 radical (unpaired) electrons. The number of piperazine rings is 1. The van der Waals surface area contributed by atoms with Gasteiger partial charge in [0.05, 0.1) is 53.3 Å². The SMILES string of the molecule is CO[C@@H](/C=C/O)[C@@H](C)[C@@](O)(OC(C)=O)[C@H](C)[C@H](O)[C@H](C)[C@@H](O)[C@@H](C)/C=C/C=C(/C)C(=O)Nc1c(/C=N/N2CCN(C)CC2)c(O)c2c3c(cc(O)c2c1O)O[C@@H](C)C3. The number of allylic oxidation sites excluding steroid dienone is 2. The largest absolute Gasteiger partial charge is 0.516 e. The van der Waals surface area contributed by atoms with Crippen LogP contribution in [0.15, 0.2) is 47.3 Å². The number of aliphatic hydroxyl groups is 4. The molecule has 9 atom stereocenters. The van der Waals surface area contributed by atoms with E-state index in [9.17, 15) is 45.3 Å². The number of aliphatic hydroxyl groups excluding tert-OH is 3. The van der Waals surface area contributed by atoms with Gasteiger partial charge in [0.2, 0.25) is 5.79 Å². The van der Waals surface area contributed by atoms with Crippen molar-refractivity contribution >= 4 is 34.6 Å².